The molecule has 0 fully saturated rings. The Kier molecular flexibility index (Phi) is 8.40. The molecule has 0 aliphatic rings. The molecule has 0 saturated carbocycles. The fourth-order valence-corrected chi connectivity index (χ4v) is 9.24. The molecule has 260 valence electrons. The quantitative estimate of drug-likeness (QED) is 0.150. The highest BCUT2D eigenvalue weighted by atomic mass is 16.3. The molecule has 1 heterocycles. The first-order chi connectivity index (χ1) is 29.2. The third kappa shape index (κ3) is 5.43. The summed E-state index contributed by atoms with van der Waals surface area (Å²) >= 11 is 0. The van der Waals surface area contributed by atoms with Crippen molar-refractivity contribution in [3.63, 3.8) is 0 Å². The van der Waals surface area contributed by atoms with Gasteiger partial charge in [0.05, 0.1) is 0 Å². The van der Waals surface area contributed by atoms with Crippen LogP contribution in [-0.2, 0) is 0 Å². The van der Waals surface area contributed by atoms with Crippen LogP contribution in [0.25, 0.3) is 110 Å². The molecule has 0 aliphatic heterocycles. The van der Waals surface area contributed by atoms with Crippen molar-refractivity contribution in [2.45, 2.75) is 0 Å². The molecule has 10 aromatic carbocycles. The third-order valence-corrected chi connectivity index (χ3v) is 12.2. The average Bonchev–Trinajstić information content (AvgIpc) is 3.64. The number of furan rings is 1. The molecule has 0 aliphatic carbocycles. The van der Waals surface area contributed by atoms with E-state index in [1.54, 1.807) is 0 Å². The Morgan fingerprint density at radius 2 is 0.733 bits per heavy atom. The number of hydrogen-bond donors (Lipinski definition) is 0. The van der Waals surface area contributed by atoms with Gasteiger partial charge in [-0.3, -0.25) is 0 Å². The molecule has 11 rings (SSSR count). The van der Waals surface area contributed by atoms with Crippen LogP contribution in [0, 0.1) is 0 Å². The Morgan fingerprint density at radius 1 is 0.267 bits per heavy atom. The summed E-state index contributed by atoms with van der Waals surface area (Å²) in [6.45, 7) is 0. The van der Waals surface area contributed by atoms with Crippen LogP contribution in [0.15, 0.2) is 156 Å². The van der Waals surface area contributed by atoms with E-state index in [0.29, 0.717) is 54.6 Å². The molecular formula is C52H25B7O. The van der Waals surface area contributed by atoms with Crippen LogP contribution >= 0.6 is 0 Å². The maximum atomic E-state index is 7.45. The zero-order valence-corrected chi connectivity index (χ0v) is 32.4. The Morgan fingerprint density at radius 3 is 1.40 bits per heavy atom. The van der Waals surface area contributed by atoms with Crippen LogP contribution in [0.2, 0.25) is 0 Å². The van der Waals surface area contributed by atoms with Crippen LogP contribution in [0.5, 0.6) is 0 Å². The summed E-state index contributed by atoms with van der Waals surface area (Å²) in [6.07, 6.45) is 0. The van der Waals surface area contributed by atoms with E-state index >= 15 is 0 Å². The van der Waals surface area contributed by atoms with Crippen LogP contribution in [0.1, 0.15) is 0 Å². The summed E-state index contributed by atoms with van der Waals surface area (Å²) < 4.78 is 6.42. The standard InChI is InChI=1S/C52H25B7O/c53-46-41(28-9-2-1-3-10-28)47(54)48(55)44-40(34-20-21-37-35(24-34)36-23-31-12-6-7-13-32(31)25-38(36)60-37)45-43(49(56)51(58)52(59)50(45)57)39(42(44)46)29-17-14-27(15-18-29)33-19-16-26-8-4-5-11-30(26)22-33/h1-25H. The lowest BCUT2D eigenvalue weighted by Crippen LogP contribution is -2.48. The lowest BCUT2D eigenvalue weighted by molar-refractivity contribution is 0.669. The number of benzene rings is 10. The van der Waals surface area contributed by atoms with Crippen molar-refractivity contribution in [2.75, 3.05) is 0 Å². The van der Waals surface area contributed by atoms with E-state index in [9.17, 15) is 0 Å². The molecule has 8 heteroatoms. The fourth-order valence-electron chi connectivity index (χ4n) is 9.24. The topological polar surface area (TPSA) is 13.1 Å². The average molecular weight is 741 g/mol. The number of rotatable bonds is 4. The maximum Gasteiger partial charge on any atom is 0.136 e. The minimum Gasteiger partial charge on any atom is -0.456 e. The van der Waals surface area contributed by atoms with Gasteiger partial charge in [-0.2, -0.15) is 0 Å². The van der Waals surface area contributed by atoms with E-state index in [0.717, 1.165) is 65.9 Å². The van der Waals surface area contributed by atoms with Crippen LogP contribution < -0.4 is 38.2 Å². The number of fused-ring (bicyclic) bond motifs is 7. The summed E-state index contributed by atoms with van der Waals surface area (Å²) in [5.74, 6) is 0. The van der Waals surface area contributed by atoms with Gasteiger partial charge in [0.15, 0.2) is 0 Å². The van der Waals surface area contributed by atoms with Gasteiger partial charge in [-0.05, 0) is 118 Å². The zero-order chi connectivity index (χ0) is 41.0. The lowest BCUT2D eigenvalue weighted by atomic mass is 9.60. The van der Waals surface area contributed by atoms with E-state index in [-0.39, 0.29) is 21.9 Å². The predicted molar refractivity (Wildman–Crippen MR) is 263 cm³/mol. The molecule has 0 amide bonds. The highest BCUT2D eigenvalue weighted by Crippen LogP contribution is 2.44. The van der Waals surface area contributed by atoms with Crippen LogP contribution in [0.3, 0.4) is 0 Å². The van der Waals surface area contributed by atoms with Gasteiger partial charge in [0.1, 0.15) is 66.1 Å². The molecule has 0 spiro atoms. The first-order valence-corrected chi connectivity index (χ1v) is 19.7. The van der Waals surface area contributed by atoms with Crippen molar-refractivity contribution in [3.05, 3.63) is 152 Å². The zero-order valence-electron chi connectivity index (χ0n) is 32.4. The normalized spacial score (nSPS) is 11.8. The second kappa shape index (κ2) is 13.8. The maximum absolute atomic E-state index is 7.45. The van der Waals surface area contributed by atoms with Crippen molar-refractivity contribution in [1.29, 1.82) is 0 Å². The fraction of sp³-hybridized carbons (Fsp3) is 0. The first kappa shape index (κ1) is 36.6. The van der Waals surface area contributed by atoms with E-state index in [1.807, 2.05) is 66.7 Å². The van der Waals surface area contributed by atoms with E-state index < -0.39 is 0 Å². The predicted octanol–water partition coefficient (Wildman–Crippen LogP) is 6.42. The summed E-state index contributed by atoms with van der Waals surface area (Å²) in [7, 11) is 49.6. The molecule has 11 aromatic rings. The monoisotopic (exact) mass is 742 g/mol. The van der Waals surface area contributed by atoms with Crippen molar-refractivity contribution >= 4 is 158 Å². The molecule has 0 bridgehead atoms. The Hall–Kier alpha value is -6.51. The molecular weight excluding hydrogens is 716 g/mol. The van der Waals surface area contributed by atoms with Gasteiger partial charge in [0, 0.05) is 10.8 Å². The van der Waals surface area contributed by atoms with E-state index in [1.165, 1.54) is 5.39 Å². The van der Waals surface area contributed by atoms with Gasteiger partial charge in [0.2, 0.25) is 0 Å². The van der Waals surface area contributed by atoms with E-state index in [2.05, 4.69) is 84.9 Å². The SMILES string of the molecule is [B]c1c([B])c([B])c2c(-c3ccc(-c4ccc5ccccc5c4)cc3)c3c([B])c(-c4ccccc4)c([B])c([B])c3c(-c3ccc4oc5cc6ccccc6cc5c4c3)c2c1[B]. The Balaban J connectivity index is 1.28. The van der Waals surface area contributed by atoms with Crippen molar-refractivity contribution in [1.82, 2.24) is 0 Å². The molecule has 14 radical (unpaired) electrons. The third-order valence-electron chi connectivity index (χ3n) is 12.2. The summed E-state index contributed by atoms with van der Waals surface area (Å²) in [6, 6.07) is 51.4. The molecule has 1 nitrogen and oxygen atoms in total. The summed E-state index contributed by atoms with van der Waals surface area (Å²) in [5.41, 5.74) is 10.2. The van der Waals surface area contributed by atoms with Gasteiger partial charge in [0.25, 0.3) is 0 Å². The van der Waals surface area contributed by atoms with Gasteiger partial charge in [-0.15, -0.1) is 10.9 Å². The van der Waals surface area contributed by atoms with Crippen molar-refractivity contribution < 1.29 is 4.42 Å². The molecule has 60 heavy (non-hydrogen) atoms. The Bertz CT molecular complexity index is 3610. The van der Waals surface area contributed by atoms with Gasteiger partial charge < -0.3 is 4.42 Å². The molecule has 0 atom stereocenters. The second-order valence-corrected chi connectivity index (χ2v) is 15.5. The smallest absolute Gasteiger partial charge is 0.136 e. The minimum absolute atomic E-state index is 0.180. The van der Waals surface area contributed by atoms with Crippen molar-refractivity contribution in [3.8, 4) is 44.5 Å². The second-order valence-electron chi connectivity index (χ2n) is 15.5. The van der Waals surface area contributed by atoms with E-state index in [4.69, 9.17) is 59.3 Å². The highest BCUT2D eigenvalue weighted by Gasteiger charge is 2.26. The molecule has 0 saturated heterocycles. The highest BCUT2D eigenvalue weighted by molar-refractivity contribution is 6.69. The van der Waals surface area contributed by atoms with Crippen LogP contribution in [-0.4, -0.2) is 54.9 Å². The summed E-state index contributed by atoms with van der Waals surface area (Å²) in [4.78, 5) is 0. The van der Waals surface area contributed by atoms with Gasteiger partial charge >= 0.3 is 0 Å². The first-order valence-electron chi connectivity index (χ1n) is 19.7. The molecule has 1 aromatic heterocycles. The summed E-state index contributed by atoms with van der Waals surface area (Å²) in [5, 5.41) is 8.90. The largest absolute Gasteiger partial charge is 0.456 e. The molecule has 0 unspecified atom stereocenters. The van der Waals surface area contributed by atoms with Gasteiger partial charge in [-0.25, -0.2) is 0 Å². The lowest BCUT2D eigenvalue weighted by Gasteiger charge is -2.29. The van der Waals surface area contributed by atoms with Gasteiger partial charge in [-0.1, -0.05) is 149 Å². The van der Waals surface area contributed by atoms with Crippen LogP contribution in [0.4, 0.5) is 0 Å². The minimum atomic E-state index is 0.180. The number of hydrogen-bond acceptors (Lipinski definition) is 1. The Labute approximate surface area is 357 Å². The van der Waals surface area contributed by atoms with Crippen molar-refractivity contribution in [2.24, 2.45) is 0 Å². The molecule has 0 N–H and O–H groups in total.